The highest BCUT2D eigenvalue weighted by Crippen LogP contribution is 2.34. The zero-order chi connectivity index (χ0) is 28.5. The Labute approximate surface area is 235 Å². The predicted molar refractivity (Wildman–Crippen MR) is 151 cm³/mol. The summed E-state index contributed by atoms with van der Waals surface area (Å²) in [5.41, 5.74) is 2.72. The predicted octanol–water partition coefficient (Wildman–Crippen LogP) is 5.11. The lowest BCUT2D eigenvalue weighted by Crippen LogP contribution is -2.17. The number of ether oxygens (including phenoxy) is 3. The van der Waals surface area contributed by atoms with Gasteiger partial charge in [-0.05, 0) is 57.4 Å². The average molecular weight is 573 g/mol. The maximum Gasteiger partial charge on any atom is 0.348 e. The first-order valence-electron chi connectivity index (χ1n) is 12.3. The zero-order valence-corrected chi connectivity index (χ0v) is 24.3. The van der Waals surface area contributed by atoms with Gasteiger partial charge >= 0.3 is 11.9 Å². The molecule has 0 aliphatic heterocycles. The number of anilines is 1. The summed E-state index contributed by atoms with van der Waals surface area (Å²) in [6.07, 6.45) is 1.71. The largest absolute Gasteiger partial charge is 0.485 e. The van der Waals surface area contributed by atoms with Crippen molar-refractivity contribution in [2.24, 2.45) is 0 Å². The number of aryl methyl sites for hydroxylation is 1. The number of carbonyl (C=O) groups excluding carboxylic acids is 3. The van der Waals surface area contributed by atoms with Gasteiger partial charge in [-0.1, -0.05) is 30.0 Å². The van der Waals surface area contributed by atoms with E-state index in [9.17, 15) is 14.4 Å². The molecule has 3 aromatic rings. The van der Waals surface area contributed by atoms with Crippen molar-refractivity contribution in [1.82, 2.24) is 14.8 Å². The van der Waals surface area contributed by atoms with Crippen molar-refractivity contribution < 1.29 is 28.6 Å². The van der Waals surface area contributed by atoms with E-state index in [1.807, 2.05) is 36.6 Å². The summed E-state index contributed by atoms with van der Waals surface area (Å²) in [6, 6.07) is 5.86. The molecule has 0 aliphatic carbocycles. The zero-order valence-electron chi connectivity index (χ0n) is 22.7. The highest BCUT2D eigenvalue weighted by molar-refractivity contribution is 7.99. The number of allylic oxidation sites excluding steroid dienone is 1. The van der Waals surface area contributed by atoms with E-state index >= 15 is 0 Å². The molecule has 0 atom stereocenters. The molecule has 0 aliphatic rings. The van der Waals surface area contributed by atoms with Crippen LogP contribution in [0.25, 0.3) is 0 Å². The summed E-state index contributed by atoms with van der Waals surface area (Å²) in [4.78, 5) is 38.1. The SMILES string of the molecule is C=CCn1c(COc2cccc(C)c2C)nnc1SCC(=O)Nc1sc(C(=O)OCC)c(C)c1C(=O)OCC. The molecule has 0 radical (unpaired) electrons. The van der Waals surface area contributed by atoms with Gasteiger partial charge in [0.15, 0.2) is 11.0 Å². The Bertz CT molecular complexity index is 1360. The fourth-order valence-electron chi connectivity index (χ4n) is 3.60. The molecule has 2 aromatic heterocycles. The van der Waals surface area contributed by atoms with Crippen molar-refractivity contribution >= 4 is 45.9 Å². The highest BCUT2D eigenvalue weighted by Gasteiger charge is 2.27. The number of amides is 1. The Hall–Kier alpha value is -3.64. The Balaban J connectivity index is 1.73. The lowest BCUT2D eigenvalue weighted by atomic mass is 10.1. The van der Waals surface area contributed by atoms with E-state index in [4.69, 9.17) is 14.2 Å². The van der Waals surface area contributed by atoms with Gasteiger partial charge in [0.2, 0.25) is 5.91 Å². The maximum atomic E-state index is 12.9. The first-order chi connectivity index (χ1) is 18.7. The molecule has 0 saturated carbocycles. The van der Waals surface area contributed by atoms with Gasteiger partial charge in [-0.25, -0.2) is 9.59 Å². The van der Waals surface area contributed by atoms with Crippen LogP contribution >= 0.6 is 23.1 Å². The van der Waals surface area contributed by atoms with Gasteiger partial charge in [0.05, 0.1) is 24.5 Å². The Morgan fingerprint density at radius 1 is 1.08 bits per heavy atom. The van der Waals surface area contributed by atoms with Crippen LogP contribution in [-0.4, -0.2) is 51.6 Å². The molecule has 0 bridgehead atoms. The lowest BCUT2D eigenvalue weighted by Gasteiger charge is -2.12. The van der Waals surface area contributed by atoms with E-state index in [0.29, 0.717) is 23.1 Å². The molecule has 0 saturated heterocycles. The van der Waals surface area contributed by atoms with Crippen LogP contribution in [0.5, 0.6) is 5.75 Å². The minimum atomic E-state index is -0.621. The molecule has 10 nitrogen and oxygen atoms in total. The molecule has 0 unspecified atom stereocenters. The number of thioether (sulfide) groups is 1. The molecule has 1 aromatic carbocycles. The van der Waals surface area contributed by atoms with Crippen LogP contribution in [0.15, 0.2) is 36.0 Å². The Morgan fingerprint density at radius 3 is 2.49 bits per heavy atom. The number of hydrogen-bond acceptors (Lipinski definition) is 10. The lowest BCUT2D eigenvalue weighted by molar-refractivity contribution is -0.113. The fourth-order valence-corrected chi connectivity index (χ4v) is 5.47. The van der Waals surface area contributed by atoms with Gasteiger partial charge in [0.25, 0.3) is 0 Å². The number of thiophene rings is 1. The van der Waals surface area contributed by atoms with Gasteiger partial charge in [-0.2, -0.15) is 0 Å². The standard InChI is InChI=1S/C27H32N4O6S2/c1-7-13-31-20(14-37-19-12-10-11-16(4)17(19)5)29-30-27(31)38-15-21(32)28-24-22(25(33)35-8-2)18(6)23(39-24)26(34)36-9-3/h7,10-12H,1,8-9,13-15H2,2-6H3,(H,28,32). The molecule has 2 heterocycles. The highest BCUT2D eigenvalue weighted by atomic mass is 32.2. The molecule has 3 rings (SSSR count). The summed E-state index contributed by atoms with van der Waals surface area (Å²) in [5.74, 6) is -0.221. The van der Waals surface area contributed by atoms with Crippen molar-refractivity contribution in [2.45, 2.75) is 52.9 Å². The summed E-state index contributed by atoms with van der Waals surface area (Å²) < 4.78 is 18.1. The first-order valence-corrected chi connectivity index (χ1v) is 14.1. The van der Waals surface area contributed by atoms with E-state index in [1.54, 1.807) is 26.8 Å². The summed E-state index contributed by atoms with van der Waals surface area (Å²) in [7, 11) is 0. The number of nitrogens with one attached hydrogen (secondary N) is 1. The summed E-state index contributed by atoms with van der Waals surface area (Å²) >= 11 is 2.16. The number of hydrogen-bond donors (Lipinski definition) is 1. The second kappa shape index (κ2) is 13.9. The third kappa shape index (κ3) is 7.27. The van der Waals surface area contributed by atoms with Crippen molar-refractivity contribution in [2.75, 3.05) is 24.3 Å². The van der Waals surface area contributed by atoms with E-state index in [1.165, 1.54) is 11.8 Å². The van der Waals surface area contributed by atoms with Crippen molar-refractivity contribution in [3.63, 3.8) is 0 Å². The van der Waals surface area contributed by atoms with Gasteiger partial charge in [-0.15, -0.1) is 28.1 Å². The van der Waals surface area contributed by atoms with Gasteiger partial charge in [0, 0.05) is 6.54 Å². The van der Waals surface area contributed by atoms with E-state index < -0.39 is 11.9 Å². The summed E-state index contributed by atoms with van der Waals surface area (Å²) in [6.45, 7) is 13.8. The summed E-state index contributed by atoms with van der Waals surface area (Å²) in [5, 5.41) is 12.0. The van der Waals surface area contributed by atoms with Gasteiger partial charge in [0.1, 0.15) is 22.2 Å². The molecule has 1 amide bonds. The third-order valence-corrected chi connectivity index (χ3v) is 7.84. The van der Waals surface area contributed by atoms with Crippen molar-refractivity contribution in [3.8, 4) is 5.75 Å². The second-order valence-electron chi connectivity index (χ2n) is 8.32. The normalized spacial score (nSPS) is 10.7. The molecular weight excluding hydrogens is 540 g/mol. The number of carbonyl (C=O) groups is 3. The van der Waals surface area contributed by atoms with Crippen molar-refractivity contribution in [1.29, 1.82) is 0 Å². The molecule has 39 heavy (non-hydrogen) atoms. The van der Waals surface area contributed by atoms with E-state index in [2.05, 4.69) is 22.1 Å². The number of benzene rings is 1. The minimum Gasteiger partial charge on any atom is -0.485 e. The average Bonchev–Trinajstić information content (AvgIpc) is 3.44. The second-order valence-corrected chi connectivity index (χ2v) is 10.3. The minimum absolute atomic E-state index is 0.0128. The monoisotopic (exact) mass is 572 g/mol. The number of rotatable bonds is 13. The molecule has 1 N–H and O–H groups in total. The Morgan fingerprint density at radius 2 is 1.79 bits per heavy atom. The molecule has 12 heteroatoms. The van der Waals surface area contributed by atoms with Crippen LogP contribution in [0.3, 0.4) is 0 Å². The third-order valence-electron chi connectivity index (χ3n) is 5.69. The van der Waals surface area contributed by atoms with Crippen molar-refractivity contribution in [3.05, 3.63) is 63.8 Å². The topological polar surface area (TPSA) is 122 Å². The van der Waals surface area contributed by atoms with E-state index in [-0.39, 0.29) is 46.9 Å². The number of aromatic nitrogens is 3. The quantitative estimate of drug-likeness (QED) is 0.169. The fraction of sp³-hybridized carbons (Fsp3) is 0.370. The first kappa shape index (κ1) is 29.9. The van der Waals surface area contributed by atoms with Gasteiger partial charge < -0.3 is 19.5 Å². The Kier molecular flexibility index (Phi) is 10.7. The van der Waals surface area contributed by atoms with Crippen LogP contribution < -0.4 is 10.1 Å². The molecule has 0 fully saturated rings. The van der Waals surface area contributed by atoms with Crippen LogP contribution in [0.4, 0.5) is 5.00 Å². The maximum absolute atomic E-state index is 12.9. The molecular formula is C27H32N4O6S2. The molecule has 208 valence electrons. The van der Waals surface area contributed by atoms with Crippen LogP contribution in [0, 0.1) is 20.8 Å². The smallest absolute Gasteiger partial charge is 0.348 e. The van der Waals surface area contributed by atoms with Crippen LogP contribution in [0.2, 0.25) is 0 Å². The van der Waals surface area contributed by atoms with Crippen LogP contribution in [0.1, 0.15) is 56.4 Å². The van der Waals surface area contributed by atoms with Crippen LogP contribution in [-0.2, 0) is 27.4 Å². The number of esters is 2. The molecule has 0 spiro atoms. The van der Waals surface area contributed by atoms with E-state index in [0.717, 1.165) is 28.2 Å². The van der Waals surface area contributed by atoms with Gasteiger partial charge in [-0.3, -0.25) is 9.36 Å². The number of nitrogens with zero attached hydrogens (tertiary/aromatic N) is 3.